The zero-order valence-corrected chi connectivity index (χ0v) is 10.6. The molecule has 0 bridgehead atoms. The summed E-state index contributed by atoms with van der Waals surface area (Å²) in [5.41, 5.74) is 1.13. The summed E-state index contributed by atoms with van der Waals surface area (Å²) in [5.74, 6) is -2.20. The number of aromatic nitrogens is 4. The fourth-order valence-corrected chi connectivity index (χ4v) is 1.07. The second-order valence-electron chi connectivity index (χ2n) is 3.25. The number of aromatic amines is 2. The van der Waals surface area contributed by atoms with E-state index in [2.05, 4.69) is 19.9 Å². The zero-order chi connectivity index (χ0) is 13.4. The molecule has 0 aliphatic heterocycles. The molecule has 9 heteroatoms. The number of carbonyl (C=O) groups excluding carboxylic acids is 2. The van der Waals surface area contributed by atoms with Crippen molar-refractivity contribution in [2.45, 2.75) is 12.8 Å². The molecule has 2 rings (SSSR count). The van der Waals surface area contributed by atoms with Crippen LogP contribution < -0.4 is 10.2 Å². The van der Waals surface area contributed by atoms with Gasteiger partial charge in [0.1, 0.15) is 0 Å². The Labute approximate surface area is 118 Å². The zero-order valence-electron chi connectivity index (χ0n) is 9.57. The van der Waals surface area contributed by atoms with Gasteiger partial charge in [-0.15, -0.1) is 0 Å². The Morgan fingerprint density at radius 3 is 1.53 bits per heavy atom. The molecule has 0 atom stereocenters. The van der Waals surface area contributed by atoms with Crippen molar-refractivity contribution in [3.8, 4) is 0 Å². The Morgan fingerprint density at radius 1 is 0.947 bits per heavy atom. The molecule has 2 aromatic heterocycles. The first-order chi connectivity index (χ1) is 8.58. The van der Waals surface area contributed by atoms with Gasteiger partial charge < -0.3 is 29.8 Å². The average molecular weight is 309 g/mol. The van der Waals surface area contributed by atoms with E-state index in [1.807, 2.05) is 0 Å². The molecule has 0 fully saturated rings. The molecular formula is C10H10N4NiO4. The van der Waals surface area contributed by atoms with Crippen LogP contribution in [0, 0.1) is 0 Å². The SMILES string of the molecule is O=C([O-])Cc1cnc[nH]1.O=C([O-])Cc1cnc[nH]1.[Ni+2]. The van der Waals surface area contributed by atoms with Crippen molar-refractivity contribution >= 4 is 11.9 Å². The number of nitrogens with one attached hydrogen (secondary N) is 2. The first-order valence-electron chi connectivity index (χ1n) is 4.92. The molecule has 0 saturated heterocycles. The van der Waals surface area contributed by atoms with Gasteiger partial charge in [-0.1, -0.05) is 0 Å². The van der Waals surface area contributed by atoms with E-state index in [0.717, 1.165) is 0 Å². The molecule has 0 aliphatic rings. The van der Waals surface area contributed by atoms with E-state index in [9.17, 15) is 19.8 Å². The van der Waals surface area contributed by atoms with Gasteiger partial charge in [-0.3, -0.25) is 0 Å². The van der Waals surface area contributed by atoms with Gasteiger partial charge in [0.2, 0.25) is 0 Å². The number of rotatable bonds is 4. The Morgan fingerprint density at radius 2 is 1.32 bits per heavy atom. The number of aliphatic carboxylic acids is 2. The summed E-state index contributed by atoms with van der Waals surface area (Å²) in [7, 11) is 0. The van der Waals surface area contributed by atoms with Gasteiger partial charge in [-0.25, -0.2) is 9.97 Å². The van der Waals surface area contributed by atoms with Crippen LogP contribution in [-0.4, -0.2) is 31.9 Å². The predicted octanol–water partition coefficient (Wildman–Crippen LogP) is -2.60. The van der Waals surface area contributed by atoms with E-state index in [0.29, 0.717) is 11.4 Å². The molecule has 104 valence electrons. The molecule has 19 heavy (non-hydrogen) atoms. The van der Waals surface area contributed by atoms with E-state index in [1.165, 1.54) is 25.0 Å². The van der Waals surface area contributed by atoms with Crippen molar-refractivity contribution in [3.63, 3.8) is 0 Å². The number of hydrogen-bond donors (Lipinski definition) is 2. The average Bonchev–Trinajstić information content (AvgIpc) is 2.90. The van der Waals surface area contributed by atoms with Gasteiger partial charge in [-0.05, 0) is 0 Å². The summed E-state index contributed by atoms with van der Waals surface area (Å²) in [6.07, 6.45) is 5.57. The number of imidazole rings is 2. The van der Waals surface area contributed by atoms with Gasteiger partial charge >= 0.3 is 16.5 Å². The van der Waals surface area contributed by atoms with Gasteiger partial charge in [0.15, 0.2) is 0 Å². The van der Waals surface area contributed by atoms with Crippen LogP contribution >= 0.6 is 0 Å². The fraction of sp³-hybridized carbons (Fsp3) is 0.200. The number of H-pyrrole nitrogens is 2. The monoisotopic (exact) mass is 308 g/mol. The summed E-state index contributed by atoms with van der Waals surface area (Å²) in [5, 5.41) is 19.8. The largest absolute Gasteiger partial charge is 2.00 e. The summed E-state index contributed by atoms with van der Waals surface area (Å²) >= 11 is 0. The van der Waals surface area contributed by atoms with Crippen LogP contribution in [0.4, 0.5) is 0 Å². The minimum absolute atomic E-state index is 0. The molecule has 0 aromatic carbocycles. The fourth-order valence-electron chi connectivity index (χ4n) is 1.07. The van der Waals surface area contributed by atoms with Gasteiger partial charge in [0.25, 0.3) is 0 Å². The molecule has 2 heterocycles. The Hall–Kier alpha value is -2.15. The summed E-state index contributed by atoms with van der Waals surface area (Å²) in [6, 6.07) is 0. The third kappa shape index (κ3) is 7.72. The van der Waals surface area contributed by atoms with Crippen LogP contribution in [0.15, 0.2) is 25.0 Å². The van der Waals surface area contributed by atoms with Crippen molar-refractivity contribution in [2.75, 3.05) is 0 Å². The molecule has 8 nitrogen and oxygen atoms in total. The van der Waals surface area contributed by atoms with Crippen LogP contribution in [0.5, 0.6) is 0 Å². The molecular weight excluding hydrogens is 299 g/mol. The van der Waals surface area contributed by atoms with E-state index >= 15 is 0 Å². The minimum atomic E-state index is -1.10. The first-order valence-corrected chi connectivity index (χ1v) is 4.92. The van der Waals surface area contributed by atoms with Crippen LogP contribution in [0.3, 0.4) is 0 Å². The smallest absolute Gasteiger partial charge is 0.550 e. The summed E-state index contributed by atoms with van der Waals surface area (Å²) < 4.78 is 0. The van der Waals surface area contributed by atoms with E-state index in [-0.39, 0.29) is 29.3 Å². The van der Waals surface area contributed by atoms with Crippen molar-refractivity contribution < 1.29 is 36.3 Å². The third-order valence-electron chi connectivity index (χ3n) is 1.78. The minimum Gasteiger partial charge on any atom is -0.550 e. The number of carboxylic acid groups (broad SMARTS) is 2. The van der Waals surface area contributed by atoms with Crippen molar-refractivity contribution in [2.24, 2.45) is 0 Å². The van der Waals surface area contributed by atoms with E-state index < -0.39 is 11.9 Å². The van der Waals surface area contributed by atoms with Gasteiger partial charge in [0.05, 0.1) is 12.7 Å². The molecule has 0 spiro atoms. The molecule has 0 aliphatic carbocycles. The molecule has 0 saturated carbocycles. The maximum absolute atomic E-state index is 9.91. The number of carbonyl (C=O) groups is 2. The van der Waals surface area contributed by atoms with Crippen LogP contribution in [-0.2, 0) is 38.9 Å². The predicted molar refractivity (Wildman–Crippen MR) is 54.6 cm³/mol. The molecule has 0 amide bonds. The Kier molecular flexibility index (Phi) is 7.87. The molecule has 0 radical (unpaired) electrons. The molecule has 0 unspecified atom stereocenters. The van der Waals surface area contributed by atoms with E-state index in [1.54, 1.807) is 0 Å². The van der Waals surface area contributed by atoms with Crippen LogP contribution in [0.25, 0.3) is 0 Å². The maximum Gasteiger partial charge on any atom is 2.00 e. The van der Waals surface area contributed by atoms with Crippen molar-refractivity contribution in [1.29, 1.82) is 0 Å². The topological polar surface area (TPSA) is 138 Å². The third-order valence-corrected chi connectivity index (χ3v) is 1.78. The van der Waals surface area contributed by atoms with Gasteiger partial charge in [0, 0.05) is 48.6 Å². The number of hydrogen-bond acceptors (Lipinski definition) is 6. The second-order valence-corrected chi connectivity index (χ2v) is 3.25. The van der Waals surface area contributed by atoms with E-state index in [4.69, 9.17) is 0 Å². The van der Waals surface area contributed by atoms with Gasteiger partial charge in [-0.2, -0.15) is 0 Å². The van der Waals surface area contributed by atoms with Crippen molar-refractivity contribution in [1.82, 2.24) is 19.9 Å². The summed E-state index contributed by atoms with van der Waals surface area (Å²) in [6.45, 7) is 0. The Bertz CT molecular complexity index is 437. The second kappa shape index (κ2) is 8.87. The molecule has 2 aromatic rings. The standard InChI is InChI=1S/2C5H6N2O2.Ni/c2*8-5(9)1-4-2-6-3-7-4;/h2*2-3H,1H2,(H,6,7)(H,8,9);/q;;+2/p-2. The van der Waals surface area contributed by atoms with Crippen LogP contribution in [0.1, 0.15) is 11.4 Å². The molecule has 2 N–H and O–H groups in total. The Balaban J connectivity index is 0.000000324. The first kappa shape index (κ1) is 16.9. The normalized spacial score (nSPS) is 8.84. The summed E-state index contributed by atoms with van der Waals surface area (Å²) in [4.78, 5) is 32.3. The quantitative estimate of drug-likeness (QED) is 0.594. The number of carboxylic acids is 2. The number of nitrogens with zero attached hydrogens (tertiary/aromatic N) is 2. The maximum atomic E-state index is 9.91. The van der Waals surface area contributed by atoms with Crippen molar-refractivity contribution in [3.05, 3.63) is 36.4 Å². The van der Waals surface area contributed by atoms with Crippen LogP contribution in [0.2, 0.25) is 0 Å².